The molecule has 2 fully saturated rings. The lowest BCUT2D eigenvalue weighted by Crippen LogP contribution is -2.25. The van der Waals surface area contributed by atoms with Crippen LogP contribution in [0.5, 0.6) is 0 Å². The third kappa shape index (κ3) is 2.53. The van der Waals surface area contributed by atoms with E-state index in [1.807, 2.05) is 0 Å². The molecule has 5 heteroatoms. The van der Waals surface area contributed by atoms with E-state index in [1.54, 1.807) is 6.07 Å². The smallest absolute Gasteiger partial charge is 0.354 e. The molecule has 1 amide bonds. The van der Waals surface area contributed by atoms with Gasteiger partial charge in [0.05, 0.1) is 0 Å². The predicted molar refractivity (Wildman–Crippen MR) is 72.0 cm³/mol. The summed E-state index contributed by atoms with van der Waals surface area (Å²) in [5.74, 6) is 0.531. The van der Waals surface area contributed by atoms with Crippen molar-refractivity contribution >= 4 is 11.9 Å². The standard InChI is InChI=1S/C15H18N2O3/c18-14(13-10-3-1-2-4-11(10)13)17-8-9-5-6-12(15(19)20)16-7-9/h5-7,10-11,13H,1-4,8H2,(H,17,18)(H,19,20). The van der Waals surface area contributed by atoms with E-state index >= 15 is 0 Å². The summed E-state index contributed by atoms with van der Waals surface area (Å²) in [5, 5.41) is 11.7. The molecule has 106 valence electrons. The van der Waals surface area contributed by atoms with Crippen LogP contribution < -0.4 is 5.32 Å². The number of pyridine rings is 1. The molecule has 0 saturated heterocycles. The van der Waals surface area contributed by atoms with Crippen LogP contribution in [0.2, 0.25) is 0 Å². The molecule has 1 heterocycles. The molecule has 0 radical (unpaired) electrons. The Balaban J connectivity index is 1.52. The summed E-state index contributed by atoms with van der Waals surface area (Å²) in [6.45, 7) is 0.418. The first-order valence-electron chi connectivity index (χ1n) is 7.13. The van der Waals surface area contributed by atoms with Gasteiger partial charge in [-0.25, -0.2) is 9.78 Å². The molecule has 2 atom stereocenters. The number of carbonyl (C=O) groups is 2. The molecule has 20 heavy (non-hydrogen) atoms. The summed E-state index contributed by atoms with van der Waals surface area (Å²) in [5.41, 5.74) is 0.847. The number of aromatic carboxylic acids is 1. The first-order chi connectivity index (χ1) is 9.66. The van der Waals surface area contributed by atoms with Crippen molar-refractivity contribution in [3.05, 3.63) is 29.6 Å². The summed E-state index contributed by atoms with van der Waals surface area (Å²) >= 11 is 0. The molecule has 0 bridgehead atoms. The highest BCUT2D eigenvalue weighted by molar-refractivity contribution is 5.85. The van der Waals surface area contributed by atoms with Crippen LogP contribution in [0.3, 0.4) is 0 Å². The highest BCUT2D eigenvalue weighted by Crippen LogP contribution is 2.55. The lowest BCUT2D eigenvalue weighted by Gasteiger charge is -2.05. The van der Waals surface area contributed by atoms with Crippen LogP contribution in [0.1, 0.15) is 41.7 Å². The minimum Gasteiger partial charge on any atom is -0.477 e. The Bertz CT molecular complexity index is 514. The van der Waals surface area contributed by atoms with E-state index in [0.29, 0.717) is 18.4 Å². The van der Waals surface area contributed by atoms with E-state index < -0.39 is 5.97 Å². The van der Waals surface area contributed by atoms with E-state index in [1.165, 1.54) is 37.9 Å². The van der Waals surface area contributed by atoms with Crippen molar-refractivity contribution in [2.75, 3.05) is 0 Å². The lowest BCUT2D eigenvalue weighted by atomic mass is 10.0. The van der Waals surface area contributed by atoms with Crippen LogP contribution in [0.25, 0.3) is 0 Å². The number of rotatable bonds is 4. The van der Waals surface area contributed by atoms with Gasteiger partial charge in [0.25, 0.3) is 0 Å². The van der Waals surface area contributed by atoms with Gasteiger partial charge in [-0.3, -0.25) is 4.79 Å². The van der Waals surface area contributed by atoms with E-state index in [-0.39, 0.29) is 17.5 Å². The molecule has 2 aliphatic carbocycles. The summed E-state index contributed by atoms with van der Waals surface area (Å²) in [4.78, 5) is 26.6. The highest BCUT2D eigenvalue weighted by atomic mass is 16.4. The number of fused-ring (bicyclic) bond motifs is 1. The Morgan fingerprint density at radius 3 is 2.50 bits per heavy atom. The normalized spacial score (nSPS) is 27.5. The molecule has 3 rings (SSSR count). The van der Waals surface area contributed by atoms with Crippen LogP contribution in [-0.4, -0.2) is 22.0 Å². The van der Waals surface area contributed by atoms with Gasteiger partial charge in [0.1, 0.15) is 5.69 Å². The number of amides is 1. The van der Waals surface area contributed by atoms with Gasteiger partial charge in [0.15, 0.2) is 0 Å². The SMILES string of the molecule is O=C(O)c1ccc(CNC(=O)C2C3CCCCC32)cn1. The maximum absolute atomic E-state index is 12.1. The van der Waals surface area contributed by atoms with Crippen molar-refractivity contribution in [1.82, 2.24) is 10.3 Å². The number of aromatic nitrogens is 1. The third-order valence-corrected chi connectivity index (χ3v) is 4.47. The molecule has 1 aromatic heterocycles. The van der Waals surface area contributed by atoms with E-state index in [2.05, 4.69) is 10.3 Å². The van der Waals surface area contributed by atoms with Gasteiger partial charge in [0.2, 0.25) is 5.91 Å². The van der Waals surface area contributed by atoms with Crippen LogP contribution in [0.15, 0.2) is 18.3 Å². The minimum absolute atomic E-state index is 0.0216. The van der Waals surface area contributed by atoms with Gasteiger partial charge >= 0.3 is 5.97 Å². The Kier molecular flexibility index (Phi) is 3.42. The molecule has 0 spiro atoms. The monoisotopic (exact) mass is 274 g/mol. The number of carboxylic acid groups (broad SMARTS) is 1. The maximum Gasteiger partial charge on any atom is 0.354 e. The number of carboxylic acids is 1. The molecular formula is C15H18N2O3. The Labute approximate surface area is 117 Å². The van der Waals surface area contributed by atoms with Crippen LogP contribution in [0.4, 0.5) is 0 Å². The van der Waals surface area contributed by atoms with Crippen molar-refractivity contribution < 1.29 is 14.7 Å². The van der Waals surface area contributed by atoms with Crippen molar-refractivity contribution in [1.29, 1.82) is 0 Å². The number of carbonyl (C=O) groups excluding carboxylic acids is 1. The zero-order valence-corrected chi connectivity index (χ0v) is 11.2. The molecule has 2 unspecified atom stereocenters. The number of hydrogen-bond donors (Lipinski definition) is 2. The molecule has 2 aliphatic rings. The van der Waals surface area contributed by atoms with Crippen molar-refractivity contribution in [2.24, 2.45) is 17.8 Å². The fraction of sp³-hybridized carbons (Fsp3) is 0.533. The predicted octanol–water partition coefficient (Wildman–Crippen LogP) is 1.83. The van der Waals surface area contributed by atoms with Crippen molar-refractivity contribution in [2.45, 2.75) is 32.2 Å². The summed E-state index contributed by atoms with van der Waals surface area (Å²) < 4.78 is 0. The molecular weight excluding hydrogens is 256 g/mol. The lowest BCUT2D eigenvalue weighted by molar-refractivity contribution is -0.123. The summed E-state index contributed by atoms with van der Waals surface area (Å²) in [6, 6.07) is 3.15. The number of nitrogens with one attached hydrogen (secondary N) is 1. The van der Waals surface area contributed by atoms with Crippen molar-refractivity contribution in [3.63, 3.8) is 0 Å². The quantitative estimate of drug-likeness (QED) is 0.878. The zero-order valence-electron chi connectivity index (χ0n) is 11.2. The van der Waals surface area contributed by atoms with E-state index in [4.69, 9.17) is 5.11 Å². The Hall–Kier alpha value is -1.91. The second-order valence-corrected chi connectivity index (χ2v) is 5.71. The highest BCUT2D eigenvalue weighted by Gasteiger charge is 2.54. The first-order valence-corrected chi connectivity index (χ1v) is 7.13. The molecule has 2 N–H and O–H groups in total. The zero-order chi connectivity index (χ0) is 14.1. The first kappa shape index (κ1) is 13.1. The van der Waals surface area contributed by atoms with E-state index in [0.717, 1.165) is 5.56 Å². The average Bonchev–Trinajstić information content (AvgIpc) is 3.19. The van der Waals surface area contributed by atoms with Gasteiger partial charge in [0, 0.05) is 18.7 Å². The second kappa shape index (κ2) is 5.23. The van der Waals surface area contributed by atoms with Crippen LogP contribution in [-0.2, 0) is 11.3 Å². The Morgan fingerprint density at radius 2 is 1.95 bits per heavy atom. The third-order valence-electron chi connectivity index (χ3n) is 4.47. The fourth-order valence-corrected chi connectivity index (χ4v) is 3.34. The van der Waals surface area contributed by atoms with Gasteiger partial charge in [-0.05, 0) is 36.3 Å². The molecule has 1 aromatic rings. The number of nitrogens with zero attached hydrogens (tertiary/aromatic N) is 1. The van der Waals surface area contributed by atoms with Crippen LogP contribution >= 0.6 is 0 Å². The molecule has 5 nitrogen and oxygen atoms in total. The fourth-order valence-electron chi connectivity index (χ4n) is 3.34. The molecule has 2 saturated carbocycles. The minimum atomic E-state index is -1.04. The number of hydrogen-bond acceptors (Lipinski definition) is 3. The van der Waals surface area contributed by atoms with Gasteiger partial charge < -0.3 is 10.4 Å². The average molecular weight is 274 g/mol. The summed E-state index contributed by atoms with van der Waals surface area (Å²) in [7, 11) is 0. The topological polar surface area (TPSA) is 79.3 Å². The van der Waals surface area contributed by atoms with Gasteiger partial charge in [-0.1, -0.05) is 18.9 Å². The van der Waals surface area contributed by atoms with E-state index in [9.17, 15) is 9.59 Å². The molecule has 0 aromatic carbocycles. The van der Waals surface area contributed by atoms with Gasteiger partial charge in [-0.15, -0.1) is 0 Å². The largest absolute Gasteiger partial charge is 0.477 e. The maximum atomic E-state index is 12.1. The summed E-state index contributed by atoms with van der Waals surface area (Å²) in [6.07, 6.45) is 6.40. The van der Waals surface area contributed by atoms with Gasteiger partial charge in [-0.2, -0.15) is 0 Å². The molecule has 0 aliphatic heterocycles. The second-order valence-electron chi connectivity index (χ2n) is 5.71. The Morgan fingerprint density at radius 1 is 1.25 bits per heavy atom. The van der Waals surface area contributed by atoms with Crippen LogP contribution in [0, 0.1) is 17.8 Å². The van der Waals surface area contributed by atoms with Crippen molar-refractivity contribution in [3.8, 4) is 0 Å².